The largest absolute Gasteiger partial charge is 0.427 e. The normalized spacial score (nSPS) is 31.2. The molecule has 0 aromatic heterocycles. The van der Waals surface area contributed by atoms with E-state index in [0.29, 0.717) is 29.9 Å². The van der Waals surface area contributed by atoms with Gasteiger partial charge in [0.25, 0.3) is 0 Å². The van der Waals surface area contributed by atoms with Gasteiger partial charge in [-0.15, -0.1) is 0 Å². The van der Waals surface area contributed by atoms with Gasteiger partial charge in [-0.3, -0.25) is 4.79 Å². The summed E-state index contributed by atoms with van der Waals surface area (Å²) in [5, 5.41) is 11.3. The van der Waals surface area contributed by atoms with Crippen molar-refractivity contribution in [3.05, 3.63) is 71.8 Å². The Hall–Kier alpha value is -1.75. The summed E-state index contributed by atoms with van der Waals surface area (Å²) in [4.78, 5) is 14.0. The van der Waals surface area contributed by atoms with Crippen LogP contribution in [0.3, 0.4) is 0 Å². The number of benzene rings is 2. The Bertz CT molecular complexity index is 834. The van der Waals surface area contributed by atoms with Crippen LogP contribution in [0.5, 0.6) is 0 Å². The van der Waals surface area contributed by atoms with Crippen LogP contribution < -0.4 is 0 Å². The molecule has 4 atom stereocenters. The van der Waals surface area contributed by atoms with Crippen molar-refractivity contribution < 1.29 is 14.3 Å². The van der Waals surface area contributed by atoms with Crippen LogP contribution in [0.25, 0.3) is 0 Å². The zero-order chi connectivity index (χ0) is 20.9. The number of ketones is 1. The molecule has 0 unspecified atom stereocenters. The van der Waals surface area contributed by atoms with E-state index in [1.165, 1.54) is 0 Å². The molecule has 4 heteroatoms. The minimum Gasteiger partial charge on any atom is -0.427 e. The molecule has 0 aliphatic heterocycles. The molecule has 154 valence electrons. The highest BCUT2D eigenvalue weighted by Gasteiger charge is 2.72. The first kappa shape index (κ1) is 20.5. The van der Waals surface area contributed by atoms with E-state index in [4.69, 9.17) is 4.43 Å². The maximum atomic E-state index is 14.0. The van der Waals surface area contributed by atoms with Crippen LogP contribution in [0.1, 0.15) is 44.7 Å². The number of hydrogen-bond acceptors (Lipinski definition) is 3. The Labute approximate surface area is 177 Å². The molecule has 4 rings (SSSR count). The molecule has 2 aliphatic rings. The van der Waals surface area contributed by atoms with Gasteiger partial charge in [0.05, 0.1) is 11.5 Å². The summed E-state index contributed by atoms with van der Waals surface area (Å²) in [5.41, 5.74) is 0.747. The van der Waals surface area contributed by atoms with Gasteiger partial charge in [-0.2, -0.15) is 0 Å². The first-order valence-corrected chi connectivity index (χ1v) is 11.4. The molecule has 2 saturated carbocycles. The number of Topliss-reactive ketones (excluding diaryl/α,β-unsaturated/α-hetero) is 1. The number of carbonyl (C=O) groups is 1. The SMILES string of the molecule is CC(C)(C)[C@H]1[C@H](O)C[C@@]2(CO[SiH3])[C@H]1CC(=O)C2(c1ccccc1)c1ccccc1. The predicted octanol–water partition coefficient (Wildman–Crippen LogP) is 3.27. The number of carbonyl (C=O) groups excluding carboxylic acids is 1. The highest BCUT2D eigenvalue weighted by Crippen LogP contribution is 2.69. The lowest BCUT2D eigenvalue weighted by Crippen LogP contribution is -2.51. The predicted molar refractivity (Wildman–Crippen MR) is 119 cm³/mol. The fourth-order valence-corrected chi connectivity index (χ4v) is 7.31. The minimum absolute atomic E-state index is 0.0672. The molecule has 2 aliphatic carbocycles. The highest BCUT2D eigenvalue weighted by atomic mass is 28.2. The van der Waals surface area contributed by atoms with Gasteiger partial charge in [-0.25, -0.2) is 0 Å². The van der Waals surface area contributed by atoms with Gasteiger partial charge >= 0.3 is 0 Å². The van der Waals surface area contributed by atoms with Crippen LogP contribution in [-0.4, -0.2) is 34.1 Å². The molecule has 2 aromatic carbocycles. The van der Waals surface area contributed by atoms with Crippen LogP contribution in [0.4, 0.5) is 0 Å². The first-order chi connectivity index (χ1) is 13.8. The molecule has 0 heterocycles. The summed E-state index contributed by atoms with van der Waals surface area (Å²) in [6.45, 7) is 7.08. The average Bonchev–Trinajstić information content (AvgIpc) is 3.08. The molecule has 0 saturated heterocycles. The number of fused-ring (bicyclic) bond motifs is 1. The van der Waals surface area contributed by atoms with E-state index in [1.54, 1.807) is 0 Å². The Morgan fingerprint density at radius 2 is 1.55 bits per heavy atom. The second kappa shape index (κ2) is 7.19. The van der Waals surface area contributed by atoms with E-state index in [9.17, 15) is 9.90 Å². The molecule has 0 radical (unpaired) electrons. The molecule has 2 fully saturated rings. The first-order valence-electron chi connectivity index (χ1n) is 10.6. The van der Waals surface area contributed by atoms with Gasteiger partial charge in [0, 0.05) is 18.4 Å². The average molecular weight is 409 g/mol. The van der Waals surface area contributed by atoms with E-state index < -0.39 is 16.9 Å². The Morgan fingerprint density at radius 3 is 2.00 bits per heavy atom. The molecule has 0 bridgehead atoms. The summed E-state index contributed by atoms with van der Waals surface area (Å²) in [6.07, 6.45) is 0.655. The van der Waals surface area contributed by atoms with Gasteiger partial charge in [0.1, 0.15) is 16.3 Å². The van der Waals surface area contributed by atoms with Crippen molar-refractivity contribution in [1.29, 1.82) is 0 Å². The third kappa shape index (κ3) is 2.80. The summed E-state index contributed by atoms with van der Waals surface area (Å²) in [7, 11) is 0.610. The standard InChI is InChI=1S/C25H32O3Si/c1-23(2,3)22-19-14-21(27)25(17-10-6-4-7-11-17,18-12-8-5-9-13-18)24(19,16-28-29)15-20(22)26/h4-13,19-20,22,26H,14-16H2,1-3,29H3/t19-,20+,22+,24+/m0/s1. The van der Waals surface area contributed by atoms with Crippen molar-refractivity contribution in [2.24, 2.45) is 22.7 Å². The lowest BCUT2D eigenvalue weighted by molar-refractivity contribution is -0.123. The van der Waals surface area contributed by atoms with Crippen LogP contribution in [0.2, 0.25) is 0 Å². The van der Waals surface area contributed by atoms with Crippen LogP contribution >= 0.6 is 0 Å². The third-order valence-corrected chi connectivity index (χ3v) is 7.81. The second-order valence-electron chi connectivity index (χ2n) is 9.97. The summed E-state index contributed by atoms with van der Waals surface area (Å²) < 4.78 is 5.96. The molecule has 0 amide bonds. The van der Waals surface area contributed by atoms with E-state index in [0.717, 1.165) is 11.1 Å². The van der Waals surface area contributed by atoms with Crippen molar-refractivity contribution in [2.75, 3.05) is 6.61 Å². The van der Waals surface area contributed by atoms with Crippen molar-refractivity contribution in [3.63, 3.8) is 0 Å². The van der Waals surface area contributed by atoms with Crippen molar-refractivity contribution in [1.82, 2.24) is 0 Å². The zero-order valence-corrected chi connectivity index (χ0v) is 19.9. The lowest BCUT2D eigenvalue weighted by atomic mass is 9.56. The molecular weight excluding hydrogens is 376 g/mol. The third-order valence-electron chi connectivity index (χ3n) is 7.52. The molecular formula is C25H32O3Si. The van der Waals surface area contributed by atoms with Gasteiger partial charge in [0.2, 0.25) is 0 Å². The minimum atomic E-state index is -0.786. The van der Waals surface area contributed by atoms with E-state index in [2.05, 4.69) is 45.0 Å². The Morgan fingerprint density at radius 1 is 1.03 bits per heavy atom. The molecule has 0 spiro atoms. The van der Waals surface area contributed by atoms with Crippen LogP contribution in [0.15, 0.2) is 60.7 Å². The monoisotopic (exact) mass is 408 g/mol. The Kier molecular flexibility index (Phi) is 5.08. The van der Waals surface area contributed by atoms with Crippen molar-refractivity contribution in [3.8, 4) is 0 Å². The maximum Gasteiger partial charge on any atom is 0.148 e. The summed E-state index contributed by atoms with van der Waals surface area (Å²) in [5.74, 6) is 0.427. The smallest absolute Gasteiger partial charge is 0.148 e. The quantitative estimate of drug-likeness (QED) is 0.790. The second-order valence-corrected chi connectivity index (χ2v) is 10.5. The van der Waals surface area contributed by atoms with Crippen molar-refractivity contribution in [2.45, 2.75) is 45.1 Å². The van der Waals surface area contributed by atoms with Gasteiger partial charge in [0.15, 0.2) is 0 Å². The fourth-order valence-electron chi connectivity index (χ4n) is 6.80. The van der Waals surface area contributed by atoms with Gasteiger partial charge in [-0.05, 0) is 34.8 Å². The number of rotatable bonds is 4. The van der Waals surface area contributed by atoms with E-state index >= 15 is 0 Å². The highest BCUT2D eigenvalue weighted by molar-refractivity contribution is 5.99. The molecule has 2 aromatic rings. The van der Waals surface area contributed by atoms with Crippen LogP contribution in [0, 0.1) is 22.7 Å². The maximum absolute atomic E-state index is 14.0. The number of aliphatic hydroxyl groups excluding tert-OH is 1. The summed E-state index contributed by atoms with van der Waals surface area (Å²) in [6, 6.07) is 20.4. The summed E-state index contributed by atoms with van der Waals surface area (Å²) >= 11 is 0. The number of hydrogen-bond donors (Lipinski definition) is 1. The van der Waals surface area contributed by atoms with Gasteiger partial charge in [-0.1, -0.05) is 81.4 Å². The fraction of sp³-hybridized carbons (Fsp3) is 0.480. The van der Waals surface area contributed by atoms with E-state index in [-0.39, 0.29) is 23.0 Å². The molecule has 3 nitrogen and oxygen atoms in total. The lowest BCUT2D eigenvalue weighted by Gasteiger charge is -2.46. The van der Waals surface area contributed by atoms with E-state index in [1.807, 2.05) is 36.4 Å². The molecule has 1 N–H and O–H groups in total. The number of aliphatic hydroxyl groups is 1. The zero-order valence-electron chi connectivity index (χ0n) is 17.9. The van der Waals surface area contributed by atoms with Crippen LogP contribution in [-0.2, 0) is 14.6 Å². The van der Waals surface area contributed by atoms with Crippen molar-refractivity contribution >= 4 is 16.3 Å². The molecule has 29 heavy (non-hydrogen) atoms. The Balaban J connectivity index is 2.04. The topological polar surface area (TPSA) is 46.5 Å². The van der Waals surface area contributed by atoms with Gasteiger partial charge < -0.3 is 9.53 Å².